The molecule has 0 aliphatic carbocycles. The minimum absolute atomic E-state index is 1.08. The molecule has 20 heavy (non-hydrogen) atoms. The second kappa shape index (κ2) is 11.3. The largest absolute Gasteiger partial charge is 0.302 e. The van der Waals surface area contributed by atoms with E-state index in [-0.39, 0.29) is 0 Å². The molecule has 0 aliphatic rings. The minimum Gasteiger partial charge on any atom is -0.302 e. The van der Waals surface area contributed by atoms with E-state index in [1.54, 1.807) is 0 Å². The van der Waals surface area contributed by atoms with Gasteiger partial charge in [-0.25, -0.2) is 0 Å². The number of hydrogen-bond acceptors (Lipinski definition) is 1. The van der Waals surface area contributed by atoms with E-state index in [1.807, 2.05) is 0 Å². The Labute approximate surface area is 133 Å². The first-order chi connectivity index (χ1) is 9.72. The van der Waals surface area contributed by atoms with Gasteiger partial charge in [-0.3, -0.25) is 0 Å². The molecule has 0 N–H and O–H groups in total. The Balaban J connectivity index is 2.01. The van der Waals surface area contributed by atoms with Crippen LogP contribution in [0.25, 0.3) is 0 Å². The summed E-state index contributed by atoms with van der Waals surface area (Å²) < 4.78 is 0. The van der Waals surface area contributed by atoms with Gasteiger partial charge >= 0.3 is 0 Å². The van der Waals surface area contributed by atoms with Crippen molar-refractivity contribution in [1.82, 2.24) is 4.90 Å². The molecule has 0 aromatic heterocycles. The van der Waals surface area contributed by atoms with Crippen LogP contribution in [0.3, 0.4) is 0 Å². The lowest BCUT2D eigenvalue weighted by Gasteiger charge is -2.16. The van der Waals surface area contributed by atoms with Crippen LogP contribution in [0.5, 0.6) is 0 Å². The lowest BCUT2D eigenvalue weighted by atomic mass is 10.1. The number of alkyl halides is 1. The molecule has 114 valence electrons. The number of unbranched alkanes of at least 4 members (excludes halogenated alkanes) is 6. The predicted octanol–water partition coefficient (Wildman–Crippen LogP) is 5.55. The van der Waals surface area contributed by atoms with Gasteiger partial charge in [-0.2, -0.15) is 0 Å². The van der Waals surface area contributed by atoms with E-state index < -0.39 is 0 Å². The van der Waals surface area contributed by atoms with Crippen molar-refractivity contribution >= 4 is 15.9 Å². The Morgan fingerprint density at radius 3 is 2.25 bits per heavy atom. The number of benzene rings is 1. The molecule has 1 aromatic rings. The molecule has 0 spiro atoms. The molecule has 0 bridgehead atoms. The van der Waals surface area contributed by atoms with Gasteiger partial charge in [0.2, 0.25) is 0 Å². The van der Waals surface area contributed by atoms with Gasteiger partial charge in [0.15, 0.2) is 0 Å². The summed E-state index contributed by atoms with van der Waals surface area (Å²) in [6, 6.07) is 8.85. The highest BCUT2D eigenvalue weighted by atomic mass is 79.9. The van der Waals surface area contributed by atoms with Gasteiger partial charge in [0, 0.05) is 11.9 Å². The second-order valence-corrected chi connectivity index (χ2v) is 6.68. The zero-order chi connectivity index (χ0) is 14.6. The van der Waals surface area contributed by atoms with Gasteiger partial charge in [-0.1, -0.05) is 77.9 Å². The maximum Gasteiger partial charge on any atom is 0.0230 e. The van der Waals surface area contributed by atoms with Crippen LogP contribution >= 0.6 is 15.9 Å². The average Bonchev–Trinajstić information content (AvgIpc) is 2.42. The van der Waals surface area contributed by atoms with Crippen molar-refractivity contribution in [3.8, 4) is 0 Å². The van der Waals surface area contributed by atoms with Crippen LogP contribution in [0, 0.1) is 6.92 Å². The molecule has 0 unspecified atom stereocenters. The van der Waals surface area contributed by atoms with Crippen LogP contribution in [-0.2, 0) is 6.54 Å². The van der Waals surface area contributed by atoms with Gasteiger partial charge in [-0.05, 0) is 38.9 Å². The summed E-state index contributed by atoms with van der Waals surface area (Å²) in [5.41, 5.74) is 2.79. The first-order valence-corrected chi connectivity index (χ1v) is 9.14. The number of nitrogens with zero attached hydrogens (tertiary/aromatic N) is 1. The second-order valence-electron chi connectivity index (χ2n) is 5.89. The summed E-state index contributed by atoms with van der Waals surface area (Å²) >= 11 is 3.49. The van der Waals surface area contributed by atoms with E-state index in [2.05, 4.69) is 59.1 Å². The monoisotopic (exact) mass is 339 g/mol. The van der Waals surface area contributed by atoms with Crippen molar-refractivity contribution in [2.45, 2.75) is 58.4 Å². The molecule has 0 amide bonds. The third-order valence-corrected chi connectivity index (χ3v) is 4.27. The fourth-order valence-electron chi connectivity index (χ4n) is 2.56. The van der Waals surface area contributed by atoms with Crippen molar-refractivity contribution < 1.29 is 0 Å². The van der Waals surface area contributed by atoms with Gasteiger partial charge in [-0.15, -0.1) is 0 Å². The highest BCUT2D eigenvalue weighted by Crippen LogP contribution is 2.10. The van der Waals surface area contributed by atoms with Crippen molar-refractivity contribution in [3.05, 3.63) is 35.4 Å². The van der Waals surface area contributed by atoms with Crippen LogP contribution < -0.4 is 0 Å². The molecule has 0 aliphatic heterocycles. The summed E-state index contributed by atoms with van der Waals surface area (Å²) in [6.45, 7) is 4.46. The van der Waals surface area contributed by atoms with E-state index in [0.29, 0.717) is 0 Å². The summed E-state index contributed by atoms with van der Waals surface area (Å²) in [5, 5.41) is 1.16. The molecule has 2 heteroatoms. The zero-order valence-electron chi connectivity index (χ0n) is 13.2. The van der Waals surface area contributed by atoms with Crippen LogP contribution in [-0.4, -0.2) is 23.8 Å². The summed E-state index contributed by atoms with van der Waals surface area (Å²) in [6.07, 6.45) is 9.66. The Kier molecular flexibility index (Phi) is 10.0. The highest BCUT2D eigenvalue weighted by Gasteiger charge is 2.00. The Morgan fingerprint density at radius 2 is 1.60 bits per heavy atom. The molecule has 0 atom stereocenters. The molecule has 1 rings (SSSR count). The number of aryl methyl sites for hydroxylation is 1. The third-order valence-electron chi connectivity index (χ3n) is 3.71. The van der Waals surface area contributed by atoms with Gasteiger partial charge in [0.25, 0.3) is 0 Å². The molecular weight excluding hydrogens is 310 g/mol. The smallest absolute Gasteiger partial charge is 0.0230 e. The first-order valence-electron chi connectivity index (χ1n) is 8.02. The maximum absolute atomic E-state index is 3.49. The van der Waals surface area contributed by atoms with Gasteiger partial charge in [0.05, 0.1) is 0 Å². The summed E-state index contributed by atoms with van der Waals surface area (Å²) in [5.74, 6) is 0. The molecule has 0 saturated heterocycles. The molecule has 0 saturated carbocycles. The standard InChI is InChI=1S/C18H30BrN/c1-17-11-10-12-18(15-17)16-20(2)14-9-7-5-3-4-6-8-13-19/h10-12,15H,3-9,13-14,16H2,1-2H3. The van der Waals surface area contributed by atoms with Crippen LogP contribution in [0.15, 0.2) is 24.3 Å². The fourth-order valence-corrected chi connectivity index (χ4v) is 2.96. The Morgan fingerprint density at radius 1 is 0.950 bits per heavy atom. The zero-order valence-corrected chi connectivity index (χ0v) is 14.8. The predicted molar refractivity (Wildman–Crippen MR) is 93.6 cm³/mol. The topological polar surface area (TPSA) is 3.24 Å². The molecule has 0 heterocycles. The fraction of sp³-hybridized carbons (Fsp3) is 0.667. The number of hydrogen-bond donors (Lipinski definition) is 0. The van der Waals surface area contributed by atoms with Crippen molar-refractivity contribution in [1.29, 1.82) is 0 Å². The SMILES string of the molecule is Cc1cccc(CN(C)CCCCCCCCCBr)c1. The van der Waals surface area contributed by atoms with Crippen molar-refractivity contribution in [3.63, 3.8) is 0 Å². The van der Waals surface area contributed by atoms with E-state index in [1.165, 1.54) is 62.6 Å². The summed E-state index contributed by atoms with van der Waals surface area (Å²) in [4.78, 5) is 2.44. The van der Waals surface area contributed by atoms with Crippen LogP contribution in [0.1, 0.15) is 56.1 Å². The van der Waals surface area contributed by atoms with Gasteiger partial charge < -0.3 is 4.90 Å². The van der Waals surface area contributed by atoms with Crippen molar-refractivity contribution in [2.75, 3.05) is 18.9 Å². The molecule has 1 nitrogen and oxygen atoms in total. The maximum atomic E-state index is 3.49. The Bertz CT molecular complexity index is 351. The molecule has 0 radical (unpaired) electrons. The average molecular weight is 340 g/mol. The van der Waals surface area contributed by atoms with E-state index in [9.17, 15) is 0 Å². The lowest BCUT2D eigenvalue weighted by Crippen LogP contribution is -2.19. The Hall–Kier alpha value is -0.340. The summed E-state index contributed by atoms with van der Waals surface area (Å²) in [7, 11) is 2.23. The lowest BCUT2D eigenvalue weighted by molar-refractivity contribution is 0.316. The molecule has 0 fully saturated rings. The third kappa shape index (κ3) is 8.76. The van der Waals surface area contributed by atoms with E-state index in [4.69, 9.17) is 0 Å². The van der Waals surface area contributed by atoms with Crippen molar-refractivity contribution in [2.24, 2.45) is 0 Å². The number of rotatable bonds is 11. The molecule has 1 aromatic carbocycles. The quantitative estimate of drug-likeness (QED) is 0.377. The van der Waals surface area contributed by atoms with Crippen LogP contribution in [0.4, 0.5) is 0 Å². The normalized spacial score (nSPS) is 11.2. The number of halogens is 1. The van der Waals surface area contributed by atoms with Gasteiger partial charge in [0.1, 0.15) is 0 Å². The molecular formula is C18H30BrN. The van der Waals surface area contributed by atoms with E-state index >= 15 is 0 Å². The highest BCUT2D eigenvalue weighted by molar-refractivity contribution is 9.09. The van der Waals surface area contributed by atoms with E-state index in [0.717, 1.165) is 11.9 Å². The minimum atomic E-state index is 1.08. The first kappa shape index (κ1) is 17.7. The van der Waals surface area contributed by atoms with Crippen LogP contribution in [0.2, 0.25) is 0 Å².